The number of hydrogen-bond acceptors (Lipinski definition) is 2. The van der Waals surface area contributed by atoms with Crippen molar-refractivity contribution in [3.8, 4) is 0 Å². The van der Waals surface area contributed by atoms with E-state index in [4.69, 9.17) is 0 Å². The van der Waals surface area contributed by atoms with Gasteiger partial charge in [-0.1, -0.05) is 18.7 Å². The molecular formula is C11H19F3N2S. The van der Waals surface area contributed by atoms with Crippen molar-refractivity contribution in [3.63, 3.8) is 0 Å². The number of unbranched alkanes of at least 4 members (excludes halogenated alkanes) is 1. The van der Waals surface area contributed by atoms with Crippen LogP contribution in [-0.2, 0) is 0 Å². The summed E-state index contributed by atoms with van der Waals surface area (Å²) in [6.45, 7) is 4.75. The van der Waals surface area contributed by atoms with Crippen molar-refractivity contribution in [2.45, 2.75) is 45.3 Å². The van der Waals surface area contributed by atoms with Crippen LogP contribution in [0.25, 0.3) is 0 Å². The number of nitrogens with one attached hydrogen (secondary N) is 1. The zero-order valence-corrected chi connectivity index (χ0v) is 11.0. The molecule has 0 radical (unpaired) electrons. The van der Waals surface area contributed by atoms with Crippen molar-refractivity contribution in [1.29, 1.82) is 0 Å². The van der Waals surface area contributed by atoms with Gasteiger partial charge in [0, 0.05) is 24.8 Å². The zero-order chi connectivity index (χ0) is 12.9. The van der Waals surface area contributed by atoms with Gasteiger partial charge in [-0.3, -0.25) is 4.99 Å². The highest BCUT2D eigenvalue weighted by molar-refractivity contribution is 8.13. The molecule has 0 bridgehead atoms. The summed E-state index contributed by atoms with van der Waals surface area (Å²) >= 11 is 1.66. The minimum absolute atomic E-state index is 0.164. The van der Waals surface area contributed by atoms with Crippen molar-refractivity contribution in [1.82, 2.24) is 5.32 Å². The number of thioether (sulfide) groups is 1. The third-order valence-electron chi connectivity index (χ3n) is 2.81. The van der Waals surface area contributed by atoms with Gasteiger partial charge in [0.05, 0.1) is 0 Å². The lowest BCUT2D eigenvalue weighted by Crippen LogP contribution is -2.41. The minimum atomic E-state index is -4.03. The maximum Gasteiger partial charge on any atom is 0.389 e. The zero-order valence-electron chi connectivity index (χ0n) is 10.2. The van der Waals surface area contributed by atoms with Crippen LogP contribution in [0.2, 0.25) is 0 Å². The van der Waals surface area contributed by atoms with Crippen LogP contribution in [0.15, 0.2) is 4.99 Å². The van der Waals surface area contributed by atoms with E-state index in [0.717, 1.165) is 10.9 Å². The fraction of sp³-hybridized carbons (Fsp3) is 0.909. The molecule has 1 aliphatic rings. The molecule has 1 N–H and O–H groups in total. The largest absolute Gasteiger partial charge is 0.389 e. The van der Waals surface area contributed by atoms with Crippen molar-refractivity contribution in [2.24, 2.45) is 10.9 Å². The molecule has 2 unspecified atom stereocenters. The smallest absolute Gasteiger partial charge is 0.362 e. The number of hydrogen-bond donors (Lipinski definition) is 1. The van der Waals surface area contributed by atoms with Crippen LogP contribution in [0.3, 0.4) is 0 Å². The Morgan fingerprint density at radius 3 is 2.65 bits per heavy atom. The van der Waals surface area contributed by atoms with Gasteiger partial charge in [0.1, 0.15) is 0 Å². The average Bonchev–Trinajstić information content (AvgIpc) is 2.21. The number of halogens is 3. The van der Waals surface area contributed by atoms with Crippen LogP contribution >= 0.6 is 11.8 Å². The standard InChI is InChI=1S/C11H19F3N2S/c1-8-7-17-10(16-9(8)2)15-6-4-3-5-11(12,13)14/h8-9H,3-7H2,1-2H3,(H,15,16). The summed E-state index contributed by atoms with van der Waals surface area (Å²) in [6, 6.07) is 0.394. The molecule has 1 fully saturated rings. The molecule has 1 saturated heterocycles. The van der Waals surface area contributed by atoms with Gasteiger partial charge >= 0.3 is 6.18 Å². The minimum Gasteiger partial charge on any atom is -0.362 e. The third kappa shape index (κ3) is 6.19. The molecule has 0 aromatic carbocycles. The lowest BCUT2D eigenvalue weighted by Gasteiger charge is -2.28. The van der Waals surface area contributed by atoms with Gasteiger partial charge in [-0.15, -0.1) is 0 Å². The molecule has 2 atom stereocenters. The molecule has 1 heterocycles. The number of nitrogens with zero attached hydrogens (tertiary/aromatic N) is 1. The summed E-state index contributed by atoms with van der Waals surface area (Å²) in [5.41, 5.74) is 0. The predicted octanol–water partition coefficient (Wildman–Crippen LogP) is 3.44. The first-order valence-corrected chi connectivity index (χ1v) is 6.87. The summed E-state index contributed by atoms with van der Waals surface area (Å²) in [5.74, 6) is 1.62. The lowest BCUT2D eigenvalue weighted by atomic mass is 10.1. The second-order valence-corrected chi connectivity index (χ2v) is 5.49. The van der Waals surface area contributed by atoms with Gasteiger partial charge in [0.2, 0.25) is 0 Å². The SMILES string of the molecule is CC1CSC(=NCCCCC(F)(F)F)NC1C. The van der Waals surface area contributed by atoms with Crippen LogP contribution in [0, 0.1) is 5.92 Å². The van der Waals surface area contributed by atoms with E-state index in [0.29, 0.717) is 24.9 Å². The predicted molar refractivity (Wildman–Crippen MR) is 66.4 cm³/mol. The Morgan fingerprint density at radius 1 is 1.35 bits per heavy atom. The molecule has 2 nitrogen and oxygen atoms in total. The Labute approximate surface area is 104 Å². The summed E-state index contributed by atoms with van der Waals surface area (Å²) in [6.07, 6.45) is -4.08. The van der Waals surface area contributed by atoms with Crippen LogP contribution in [-0.4, -0.2) is 29.7 Å². The molecule has 0 spiro atoms. The van der Waals surface area contributed by atoms with Crippen LogP contribution in [0.5, 0.6) is 0 Å². The first-order valence-electron chi connectivity index (χ1n) is 5.89. The van der Waals surface area contributed by atoms with E-state index in [2.05, 4.69) is 24.2 Å². The van der Waals surface area contributed by atoms with Crippen LogP contribution in [0.4, 0.5) is 13.2 Å². The van der Waals surface area contributed by atoms with Gasteiger partial charge in [-0.25, -0.2) is 0 Å². The molecule has 17 heavy (non-hydrogen) atoms. The van der Waals surface area contributed by atoms with E-state index >= 15 is 0 Å². The average molecular weight is 268 g/mol. The molecule has 0 aromatic rings. The molecule has 0 aromatic heterocycles. The quantitative estimate of drug-likeness (QED) is 0.790. The number of rotatable bonds is 4. The Kier molecular flexibility index (Phi) is 5.62. The topological polar surface area (TPSA) is 24.4 Å². The van der Waals surface area contributed by atoms with Gasteiger partial charge < -0.3 is 5.32 Å². The third-order valence-corrected chi connectivity index (χ3v) is 4.02. The Bertz CT molecular complexity index is 266. The van der Waals surface area contributed by atoms with E-state index in [1.54, 1.807) is 11.8 Å². The normalized spacial score (nSPS) is 28.2. The van der Waals surface area contributed by atoms with Crippen molar-refractivity contribution in [3.05, 3.63) is 0 Å². The monoisotopic (exact) mass is 268 g/mol. The summed E-state index contributed by atoms with van der Waals surface area (Å²) < 4.78 is 35.6. The molecule has 6 heteroatoms. The molecule has 0 aliphatic carbocycles. The van der Waals surface area contributed by atoms with Gasteiger partial charge in [-0.2, -0.15) is 13.2 Å². The number of amidine groups is 1. The fourth-order valence-electron chi connectivity index (χ4n) is 1.44. The maximum absolute atomic E-state index is 11.9. The Balaban J connectivity index is 2.17. The molecule has 1 rings (SSSR count). The van der Waals surface area contributed by atoms with Gasteiger partial charge in [-0.05, 0) is 25.7 Å². The highest BCUT2D eigenvalue weighted by atomic mass is 32.2. The van der Waals surface area contributed by atoms with E-state index < -0.39 is 12.6 Å². The lowest BCUT2D eigenvalue weighted by molar-refractivity contribution is -0.135. The molecule has 100 valence electrons. The van der Waals surface area contributed by atoms with E-state index in [-0.39, 0.29) is 6.42 Å². The first kappa shape index (κ1) is 14.7. The molecular weight excluding hydrogens is 249 g/mol. The fourth-order valence-corrected chi connectivity index (χ4v) is 2.60. The van der Waals surface area contributed by atoms with Gasteiger partial charge in [0.25, 0.3) is 0 Å². The van der Waals surface area contributed by atoms with Crippen LogP contribution in [0.1, 0.15) is 33.1 Å². The highest BCUT2D eigenvalue weighted by Crippen LogP contribution is 2.22. The summed E-state index contributed by atoms with van der Waals surface area (Å²) in [7, 11) is 0. The van der Waals surface area contributed by atoms with Crippen LogP contribution < -0.4 is 5.32 Å². The molecule has 0 saturated carbocycles. The molecule has 0 amide bonds. The van der Waals surface area contributed by atoms with Crippen molar-refractivity contribution < 1.29 is 13.2 Å². The van der Waals surface area contributed by atoms with E-state index in [1.807, 2.05) is 0 Å². The number of aliphatic imine (C=N–C) groups is 1. The first-order chi connectivity index (χ1) is 7.88. The highest BCUT2D eigenvalue weighted by Gasteiger charge is 2.25. The van der Waals surface area contributed by atoms with E-state index in [9.17, 15) is 13.2 Å². The summed E-state index contributed by atoms with van der Waals surface area (Å²) in [4.78, 5) is 4.29. The second-order valence-electron chi connectivity index (χ2n) is 4.48. The molecule has 1 aliphatic heterocycles. The number of alkyl halides is 3. The second kappa shape index (κ2) is 6.52. The maximum atomic E-state index is 11.9. The summed E-state index contributed by atoms with van der Waals surface area (Å²) in [5, 5.41) is 4.14. The van der Waals surface area contributed by atoms with Crippen molar-refractivity contribution in [2.75, 3.05) is 12.3 Å². The Hall–Kier alpha value is -0.390. The Morgan fingerprint density at radius 2 is 2.06 bits per heavy atom. The van der Waals surface area contributed by atoms with E-state index in [1.165, 1.54) is 0 Å². The van der Waals surface area contributed by atoms with Gasteiger partial charge in [0.15, 0.2) is 5.17 Å². The van der Waals surface area contributed by atoms with Crippen molar-refractivity contribution >= 4 is 16.9 Å².